The Morgan fingerprint density at radius 2 is 2.24 bits per heavy atom. The van der Waals surface area contributed by atoms with E-state index < -0.39 is 0 Å². The molecule has 1 atom stereocenters. The summed E-state index contributed by atoms with van der Waals surface area (Å²) >= 11 is 1.66. The molecule has 0 radical (unpaired) electrons. The van der Waals surface area contributed by atoms with Crippen molar-refractivity contribution in [3.8, 4) is 11.5 Å². The van der Waals surface area contributed by atoms with E-state index in [9.17, 15) is 4.79 Å². The van der Waals surface area contributed by atoms with E-state index in [2.05, 4.69) is 5.32 Å². The standard InChI is InChI=1S/C16H17NO3S/c1-3-20-15-10(5-4-6-13(15)19-2)11-9-14(18)17-12-7-8-21-16(11)12/h4-8,11H,3,9H2,1-2H3,(H,17,18)/t11-/m1/s1. The molecule has 0 unspecified atom stereocenters. The predicted molar refractivity (Wildman–Crippen MR) is 83.6 cm³/mol. The number of nitrogens with one attached hydrogen (secondary N) is 1. The highest BCUT2D eigenvalue weighted by Gasteiger charge is 2.30. The van der Waals surface area contributed by atoms with Crippen LogP contribution < -0.4 is 14.8 Å². The van der Waals surface area contributed by atoms with Gasteiger partial charge in [-0.2, -0.15) is 0 Å². The number of hydrogen-bond acceptors (Lipinski definition) is 4. The van der Waals surface area contributed by atoms with E-state index in [4.69, 9.17) is 9.47 Å². The fourth-order valence-corrected chi connectivity index (χ4v) is 3.66. The zero-order valence-electron chi connectivity index (χ0n) is 12.0. The first-order valence-corrected chi connectivity index (χ1v) is 7.79. The molecule has 1 N–H and O–H groups in total. The van der Waals surface area contributed by atoms with Crippen molar-refractivity contribution in [1.82, 2.24) is 0 Å². The smallest absolute Gasteiger partial charge is 0.225 e. The van der Waals surface area contributed by atoms with Crippen molar-refractivity contribution in [2.24, 2.45) is 0 Å². The summed E-state index contributed by atoms with van der Waals surface area (Å²) in [4.78, 5) is 13.1. The van der Waals surface area contributed by atoms with Crippen LogP contribution in [0.5, 0.6) is 11.5 Å². The molecule has 4 nitrogen and oxygen atoms in total. The number of methoxy groups -OCH3 is 1. The van der Waals surface area contributed by atoms with Crippen molar-refractivity contribution in [2.75, 3.05) is 19.0 Å². The number of anilines is 1. The number of amides is 1. The van der Waals surface area contributed by atoms with Gasteiger partial charge in [0.2, 0.25) is 5.91 Å². The average Bonchev–Trinajstić information content (AvgIpc) is 2.95. The lowest BCUT2D eigenvalue weighted by molar-refractivity contribution is -0.116. The van der Waals surface area contributed by atoms with E-state index >= 15 is 0 Å². The summed E-state index contributed by atoms with van der Waals surface area (Å²) in [5.74, 6) is 1.50. The summed E-state index contributed by atoms with van der Waals surface area (Å²) in [5.41, 5.74) is 1.92. The quantitative estimate of drug-likeness (QED) is 0.938. The van der Waals surface area contributed by atoms with Gasteiger partial charge in [0, 0.05) is 22.8 Å². The molecule has 0 aliphatic carbocycles. The number of thiophene rings is 1. The molecular weight excluding hydrogens is 286 g/mol. The molecule has 3 rings (SSSR count). The zero-order chi connectivity index (χ0) is 14.8. The molecule has 1 aromatic heterocycles. The lowest BCUT2D eigenvalue weighted by atomic mass is 9.90. The number of rotatable bonds is 4. The SMILES string of the molecule is CCOc1c(OC)cccc1[C@H]1CC(=O)Nc2ccsc21. The Balaban J connectivity index is 2.11. The third-order valence-corrected chi connectivity index (χ3v) is 4.60. The topological polar surface area (TPSA) is 47.6 Å². The summed E-state index contributed by atoms with van der Waals surface area (Å²) in [7, 11) is 1.63. The second-order valence-electron chi connectivity index (χ2n) is 4.82. The summed E-state index contributed by atoms with van der Waals surface area (Å²) in [6, 6.07) is 7.79. The Bertz CT molecular complexity index is 665. The minimum Gasteiger partial charge on any atom is -0.493 e. The number of carbonyl (C=O) groups excluding carboxylic acids is 1. The molecule has 0 fully saturated rings. The maximum Gasteiger partial charge on any atom is 0.225 e. The summed E-state index contributed by atoms with van der Waals surface area (Å²) in [6.45, 7) is 2.50. The van der Waals surface area contributed by atoms with Gasteiger partial charge in [0.1, 0.15) is 0 Å². The molecule has 1 aromatic carbocycles. The van der Waals surface area contributed by atoms with E-state index in [1.165, 1.54) is 4.88 Å². The van der Waals surface area contributed by atoms with E-state index in [1.54, 1.807) is 18.4 Å². The van der Waals surface area contributed by atoms with E-state index in [1.807, 2.05) is 36.6 Å². The molecule has 0 bridgehead atoms. The predicted octanol–water partition coefficient (Wildman–Crippen LogP) is 3.63. The number of para-hydroxylation sites is 1. The first kappa shape index (κ1) is 13.9. The Hall–Kier alpha value is -2.01. The maximum absolute atomic E-state index is 12.0. The largest absolute Gasteiger partial charge is 0.493 e. The maximum atomic E-state index is 12.0. The van der Waals surface area contributed by atoms with Gasteiger partial charge in [-0.05, 0) is 24.4 Å². The summed E-state index contributed by atoms with van der Waals surface area (Å²) in [6.07, 6.45) is 0.431. The number of carbonyl (C=O) groups is 1. The monoisotopic (exact) mass is 303 g/mol. The fourth-order valence-electron chi connectivity index (χ4n) is 2.69. The minimum absolute atomic E-state index is 0.0189. The Labute approximate surface area is 127 Å². The Morgan fingerprint density at radius 1 is 1.38 bits per heavy atom. The fraction of sp³-hybridized carbons (Fsp3) is 0.312. The van der Waals surface area contributed by atoms with Gasteiger partial charge in [-0.3, -0.25) is 4.79 Å². The van der Waals surface area contributed by atoms with Crippen LogP contribution in [0.25, 0.3) is 0 Å². The van der Waals surface area contributed by atoms with Crippen molar-refractivity contribution >= 4 is 22.9 Å². The third kappa shape index (κ3) is 2.49. The molecule has 5 heteroatoms. The summed E-state index contributed by atoms with van der Waals surface area (Å²) in [5, 5.41) is 4.92. The molecule has 0 saturated heterocycles. The van der Waals surface area contributed by atoms with Gasteiger partial charge in [0.15, 0.2) is 11.5 Å². The number of fused-ring (bicyclic) bond motifs is 1. The van der Waals surface area contributed by atoms with Gasteiger partial charge in [-0.1, -0.05) is 12.1 Å². The average molecular weight is 303 g/mol. The molecule has 0 spiro atoms. The zero-order valence-corrected chi connectivity index (χ0v) is 12.8. The van der Waals surface area contributed by atoms with Crippen molar-refractivity contribution < 1.29 is 14.3 Å². The van der Waals surface area contributed by atoms with Crippen LogP contribution in [0, 0.1) is 0 Å². The van der Waals surface area contributed by atoms with Crippen LogP contribution in [0.3, 0.4) is 0 Å². The second-order valence-corrected chi connectivity index (χ2v) is 5.76. The van der Waals surface area contributed by atoms with Crippen LogP contribution in [0.1, 0.15) is 29.7 Å². The molecule has 0 saturated carbocycles. The Kier molecular flexibility index (Phi) is 3.84. The minimum atomic E-state index is 0.0189. The molecule has 2 aromatic rings. The number of ether oxygens (including phenoxy) is 2. The van der Waals surface area contributed by atoms with Crippen LogP contribution in [-0.4, -0.2) is 19.6 Å². The van der Waals surface area contributed by atoms with E-state index in [0.717, 1.165) is 17.0 Å². The first-order chi connectivity index (χ1) is 10.2. The lowest BCUT2D eigenvalue weighted by Crippen LogP contribution is -2.22. The van der Waals surface area contributed by atoms with Crippen LogP contribution in [0.15, 0.2) is 29.6 Å². The van der Waals surface area contributed by atoms with E-state index in [0.29, 0.717) is 18.8 Å². The van der Waals surface area contributed by atoms with E-state index in [-0.39, 0.29) is 11.8 Å². The number of hydrogen-bond donors (Lipinski definition) is 1. The van der Waals surface area contributed by atoms with Crippen LogP contribution in [-0.2, 0) is 4.79 Å². The van der Waals surface area contributed by atoms with Crippen LogP contribution in [0.2, 0.25) is 0 Å². The summed E-state index contributed by atoms with van der Waals surface area (Å²) < 4.78 is 11.2. The highest BCUT2D eigenvalue weighted by atomic mass is 32.1. The van der Waals surface area contributed by atoms with Gasteiger partial charge in [-0.15, -0.1) is 11.3 Å². The van der Waals surface area contributed by atoms with Gasteiger partial charge in [0.25, 0.3) is 0 Å². The van der Waals surface area contributed by atoms with Crippen LogP contribution >= 0.6 is 11.3 Å². The van der Waals surface area contributed by atoms with Gasteiger partial charge < -0.3 is 14.8 Å². The van der Waals surface area contributed by atoms with Crippen molar-refractivity contribution in [3.05, 3.63) is 40.1 Å². The van der Waals surface area contributed by atoms with Crippen molar-refractivity contribution in [1.29, 1.82) is 0 Å². The Morgan fingerprint density at radius 3 is 3.00 bits per heavy atom. The van der Waals surface area contributed by atoms with Gasteiger partial charge >= 0.3 is 0 Å². The molecule has 2 heterocycles. The van der Waals surface area contributed by atoms with Crippen molar-refractivity contribution in [3.63, 3.8) is 0 Å². The second kappa shape index (κ2) is 5.77. The highest BCUT2D eigenvalue weighted by Crippen LogP contribution is 2.45. The van der Waals surface area contributed by atoms with Gasteiger partial charge in [0.05, 0.1) is 19.4 Å². The molecule has 1 aliphatic rings. The van der Waals surface area contributed by atoms with Crippen molar-refractivity contribution in [2.45, 2.75) is 19.3 Å². The highest BCUT2D eigenvalue weighted by molar-refractivity contribution is 7.10. The van der Waals surface area contributed by atoms with Crippen LogP contribution in [0.4, 0.5) is 5.69 Å². The lowest BCUT2D eigenvalue weighted by Gasteiger charge is -2.25. The number of benzene rings is 1. The first-order valence-electron chi connectivity index (χ1n) is 6.91. The molecular formula is C16H17NO3S. The molecule has 110 valence electrons. The molecule has 1 aliphatic heterocycles. The normalized spacial score (nSPS) is 17.0. The molecule has 21 heavy (non-hydrogen) atoms. The third-order valence-electron chi connectivity index (χ3n) is 3.57. The van der Waals surface area contributed by atoms with Gasteiger partial charge in [-0.25, -0.2) is 0 Å². The molecule has 1 amide bonds.